The molecule has 0 atom stereocenters. The number of carbonyl (C=O) groups is 1. The fourth-order valence-electron chi connectivity index (χ4n) is 2.92. The van der Waals surface area contributed by atoms with Crippen LogP contribution in [0.2, 0.25) is 0 Å². The minimum Gasteiger partial charge on any atom is -0.321 e. The summed E-state index contributed by atoms with van der Waals surface area (Å²) in [4.78, 5) is 12.5. The highest BCUT2D eigenvalue weighted by Crippen LogP contribution is 2.45. The van der Waals surface area contributed by atoms with Crippen molar-refractivity contribution in [2.24, 2.45) is 0 Å². The number of carbonyl (C=O) groups excluding carboxylic acids is 1. The van der Waals surface area contributed by atoms with Crippen LogP contribution in [0, 0.1) is 0 Å². The second-order valence-electron chi connectivity index (χ2n) is 5.61. The lowest BCUT2D eigenvalue weighted by Gasteiger charge is -2.13. The maximum atomic E-state index is 12.5. The number of aromatic nitrogens is 2. The molecule has 1 aromatic carbocycles. The van der Waals surface area contributed by atoms with Gasteiger partial charge in [-0.1, -0.05) is 12.1 Å². The Balaban J connectivity index is 0.00000169. The number of rotatable bonds is 3. The number of amides is 1. The van der Waals surface area contributed by atoms with Gasteiger partial charge < -0.3 is 10.6 Å². The number of H-pyrrole nitrogens is 1. The molecule has 2 aromatic rings. The molecule has 0 saturated carbocycles. The van der Waals surface area contributed by atoms with Crippen LogP contribution in [-0.4, -0.2) is 34.2 Å². The Bertz CT molecular complexity index is 731. The lowest BCUT2D eigenvalue weighted by molar-refractivity contribution is 0.102. The van der Waals surface area contributed by atoms with Crippen LogP contribution in [0.15, 0.2) is 24.3 Å². The summed E-state index contributed by atoms with van der Waals surface area (Å²) in [5.74, 6) is 2.24. The first-order valence-corrected chi connectivity index (χ1v) is 9.82. The molecule has 8 heteroatoms. The Labute approximate surface area is 155 Å². The molecular weight excluding hydrogens is 364 g/mol. The van der Waals surface area contributed by atoms with Crippen molar-refractivity contribution in [1.29, 1.82) is 0 Å². The predicted molar refractivity (Wildman–Crippen MR) is 103 cm³/mol. The maximum absolute atomic E-state index is 12.5. The fourth-order valence-corrected chi connectivity index (χ4v) is 5.76. The van der Waals surface area contributed by atoms with E-state index in [9.17, 15) is 4.79 Å². The molecule has 0 unspecified atom stereocenters. The molecule has 1 amide bonds. The van der Waals surface area contributed by atoms with E-state index in [4.69, 9.17) is 0 Å². The van der Waals surface area contributed by atoms with Crippen molar-refractivity contribution < 1.29 is 4.79 Å². The SMILES string of the molecule is Cl.O=C(Nc1cccc(C2SCCS2)c1)c1n[nH]c2c1CNCC2. The molecule has 3 heterocycles. The zero-order chi connectivity index (χ0) is 15.6. The van der Waals surface area contributed by atoms with E-state index in [0.717, 1.165) is 29.9 Å². The van der Waals surface area contributed by atoms with Crippen LogP contribution in [0.25, 0.3) is 0 Å². The summed E-state index contributed by atoms with van der Waals surface area (Å²) in [6.45, 7) is 1.62. The molecule has 128 valence electrons. The summed E-state index contributed by atoms with van der Waals surface area (Å²) in [6, 6.07) is 8.15. The Morgan fingerprint density at radius 3 is 2.96 bits per heavy atom. The van der Waals surface area contributed by atoms with E-state index in [1.165, 1.54) is 17.1 Å². The van der Waals surface area contributed by atoms with Gasteiger partial charge in [-0.3, -0.25) is 9.89 Å². The number of benzene rings is 1. The number of aromatic amines is 1. The second kappa shape index (κ2) is 7.82. The molecular formula is C16H19ClN4OS2. The Morgan fingerprint density at radius 2 is 2.12 bits per heavy atom. The number of anilines is 1. The van der Waals surface area contributed by atoms with Gasteiger partial charge in [-0.15, -0.1) is 35.9 Å². The number of thioether (sulfide) groups is 2. The summed E-state index contributed by atoms with van der Waals surface area (Å²) in [7, 11) is 0. The van der Waals surface area contributed by atoms with E-state index >= 15 is 0 Å². The number of nitrogens with one attached hydrogen (secondary N) is 3. The summed E-state index contributed by atoms with van der Waals surface area (Å²) < 4.78 is 0.481. The standard InChI is InChI=1S/C16H18N4OS2.ClH/c21-15(14-12-9-17-5-4-13(12)19-20-14)18-11-3-1-2-10(8-11)16-22-6-7-23-16;/h1-3,8,16-17H,4-7,9H2,(H,18,21)(H,19,20);1H. The van der Waals surface area contributed by atoms with Gasteiger partial charge in [-0.05, 0) is 17.7 Å². The molecule has 2 aliphatic heterocycles. The smallest absolute Gasteiger partial charge is 0.276 e. The van der Waals surface area contributed by atoms with E-state index in [1.54, 1.807) is 0 Å². The van der Waals surface area contributed by atoms with Gasteiger partial charge in [0, 0.05) is 48.0 Å². The largest absolute Gasteiger partial charge is 0.321 e. The number of halogens is 1. The highest BCUT2D eigenvalue weighted by atomic mass is 35.5. The van der Waals surface area contributed by atoms with Gasteiger partial charge in [0.05, 0.1) is 4.58 Å². The van der Waals surface area contributed by atoms with Gasteiger partial charge >= 0.3 is 0 Å². The Hall–Kier alpha value is -1.15. The monoisotopic (exact) mass is 382 g/mol. The third-order valence-corrected chi connectivity index (χ3v) is 7.16. The van der Waals surface area contributed by atoms with Gasteiger partial charge in [0.1, 0.15) is 0 Å². The molecule has 0 radical (unpaired) electrons. The van der Waals surface area contributed by atoms with Crippen LogP contribution in [0.5, 0.6) is 0 Å². The molecule has 1 fully saturated rings. The molecule has 0 spiro atoms. The first-order valence-electron chi connectivity index (χ1n) is 7.72. The van der Waals surface area contributed by atoms with Gasteiger partial charge in [0.15, 0.2) is 5.69 Å². The van der Waals surface area contributed by atoms with E-state index in [1.807, 2.05) is 35.7 Å². The summed E-state index contributed by atoms with van der Waals surface area (Å²) >= 11 is 3.93. The van der Waals surface area contributed by atoms with Gasteiger partial charge in [0.2, 0.25) is 0 Å². The molecule has 3 N–H and O–H groups in total. The number of fused-ring (bicyclic) bond motifs is 1. The van der Waals surface area contributed by atoms with Crippen molar-refractivity contribution in [2.75, 3.05) is 23.4 Å². The third-order valence-electron chi connectivity index (χ3n) is 4.06. The van der Waals surface area contributed by atoms with Gasteiger partial charge in [0.25, 0.3) is 5.91 Å². The van der Waals surface area contributed by atoms with Crippen molar-refractivity contribution in [3.05, 3.63) is 46.8 Å². The highest BCUT2D eigenvalue weighted by molar-refractivity contribution is 8.19. The normalized spacial score (nSPS) is 17.2. The van der Waals surface area contributed by atoms with E-state index in [2.05, 4.69) is 33.0 Å². The Kier molecular flexibility index (Phi) is 5.76. The predicted octanol–water partition coefficient (Wildman–Crippen LogP) is 3.21. The van der Waals surface area contributed by atoms with Crippen LogP contribution in [0.3, 0.4) is 0 Å². The van der Waals surface area contributed by atoms with Gasteiger partial charge in [-0.25, -0.2) is 0 Å². The first-order chi connectivity index (χ1) is 11.3. The molecule has 24 heavy (non-hydrogen) atoms. The minimum absolute atomic E-state index is 0. The zero-order valence-electron chi connectivity index (χ0n) is 13.0. The van der Waals surface area contributed by atoms with Gasteiger partial charge in [-0.2, -0.15) is 5.10 Å². The number of hydrogen-bond acceptors (Lipinski definition) is 5. The molecule has 2 aliphatic rings. The molecule has 1 saturated heterocycles. The number of nitrogens with zero attached hydrogens (tertiary/aromatic N) is 1. The van der Waals surface area contributed by atoms with Crippen molar-refractivity contribution in [3.63, 3.8) is 0 Å². The van der Waals surface area contributed by atoms with Crippen molar-refractivity contribution >= 4 is 47.5 Å². The molecule has 1 aromatic heterocycles. The lowest BCUT2D eigenvalue weighted by Crippen LogP contribution is -2.25. The van der Waals surface area contributed by atoms with Crippen LogP contribution in [-0.2, 0) is 13.0 Å². The van der Waals surface area contributed by atoms with Crippen molar-refractivity contribution in [1.82, 2.24) is 15.5 Å². The molecule has 0 bridgehead atoms. The topological polar surface area (TPSA) is 69.8 Å². The molecule has 4 rings (SSSR count). The van der Waals surface area contributed by atoms with E-state index < -0.39 is 0 Å². The highest BCUT2D eigenvalue weighted by Gasteiger charge is 2.22. The van der Waals surface area contributed by atoms with Crippen LogP contribution in [0.1, 0.15) is 31.9 Å². The van der Waals surface area contributed by atoms with Crippen LogP contribution < -0.4 is 10.6 Å². The van der Waals surface area contributed by atoms with Crippen LogP contribution >= 0.6 is 35.9 Å². The zero-order valence-corrected chi connectivity index (χ0v) is 15.5. The first kappa shape index (κ1) is 17.7. The summed E-state index contributed by atoms with van der Waals surface area (Å²) in [5, 5.41) is 13.5. The van der Waals surface area contributed by atoms with Crippen molar-refractivity contribution in [3.8, 4) is 0 Å². The number of hydrogen-bond donors (Lipinski definition) is 3. The Morgan fingerprint density at radius 1 is 1.29 bits per heavy atom. The summed E-state index contributed by atoms with van der Waals surface area (Å²) in [6.07, 6.45) is 0.890. The molecule has 5 nitrogen and oxygen atoms in total. The fraction of sp³-hybridized carbons (Fsp3) is 0.375. The van der Waals surface area contributed by atoms with E-state index in [-0.39, 0.29) is 18.3 Å². The average Bonchev–Trinajstić information content (AvgIpc) is 3.25. The van der Waals surface area contributed by atoms with Crippen LogP contribution in [0.4, 0.5) is 5.69 Å². The lowest BCUT2D eigenvalue weighted by atomic mass is 10.1. The quantitative estimate of drug-likeness (QED) is 0.760. The second-order valence-corrected chi connectivity index (χ2v) is 8.33. The third kappa shape index (κ3) is 3.59. The average molecular weight is 383 g/mol. The van der Waals surface area contributed by atoms with Crippen molar-refractivity contribution in [2.45, 2.75) is 17.5 Å². The molecule has 0 aliphatic carbocycles. The maximum Gasteiger partial charge on any atom is 0.276 e. The summed E-state index contributed by atoms with van der Waals surface area (Å²) in [5.41, 5.74) is 4.66. The van der Waals surface area contributed by atoms with E-state index in [0.29, 0.717) is 16.8 Å². The minimum atomic E-state index is -0.143.